The number of carbonyl (C=O) groups is 2. The van der Waals surface area contributed by atoms with Gasteiger partial charge in [0.1, 0.15) is 58.7 Å². The maximum Gasteiger partial charge on any atom is 0.246 e. The van der Waals surface area contributed by atoms with E-state index in [1.54, 1.807) is 24.5 Å². The van der Waals surface area contributed by atoms with Gasteiger partial charge in [0.25, 0.3) is 0 Å². The SMILES string of the molecule is CN(C)C/C=C/C(=O)N1CCC2(CC(n3nc(-c4ccc(Oc5ccccc5)cn4)c4c(N)ncnc43)C2)C1.CN(C)C/C=C/C(=O)N1CCC2(CC(n3nc(-c4ccc(Oc5ccccc5)cn4)c4c(N)ncnc43)C2)C1. The highest BCUT2D eigenvalue weighted by molar-refractivity contribution is 5.98. The Morgan fingerprint density at radius 2 is 0.974 bits per heavy atom. The summed E-state index contributed by atoms with van der Waals surface area (Å²) in [5, 5.41) is 11.3. The number of fused-ring (bicyclic) bond motifs is 2. The minimum absolute atomic E-state index is 0.0929. The van der Waals surface area contributed by atoms with E-state index in [9.17, 15) is 9.59 Å². The zero-order valence-corrected chi connectivity index (χ0v) is 44.4. The van der Waals surface area contributed by atoms with Crippen LogP contribution in [0.15, 0.2) is 134 Å². The number of benzene rings is 2. The molecule has 0 unspecified atom stereocenters. The number of carbonyl (C=O) groups excluding carboxylic acids is 2. The average Bonchev–Trinajstić information content (AvgIpc) is 4.30. The van der Waals surface area contributed by atoms with Crippen LogP contribution in [0, 0.1) is 10.8 Å². The Morgan fingerprint density at radius 3 is 1.35 bits per heavy atom. The molecule has 0 atom stereocenters. The van der Waals surface area contributed by atoms with Gasteiger partial charge in [0.05, 0.1) is 46.6 Å². The highest BCUT2D eigenvalue weighted by Gasteiger charge is 2.52. The van der Waals surface area contributed by atoms with Crippen molar-refractivity contribution in [2.45, 2.75) is 50.6 Å². The van der Waals surface area contributed by atoms with Gasteiger partial charge in [0.2, 0.25) is 11.8 Å². The van der Waals surface area contributed by atoms with E-state index in [0.717, 1.165) is 89.3 Å². The Balaban J connectivity index is 0.000000165. The summed E-state index contributed by atoms with van der Waals surface area (Å²) < 4.78 is 15.7. The standard InChI is InChI=1S/2C29H32N8O2/c2*1-35(2)13-6-9-24(38)36-14-12-29(18-36)15-20(16-29)37-28-25(27(30)32-19-33-28)26(34-37)23-11-10-22(17-31-23)39-21-7-4-3-5-8-21/h2*3-11,17,19-20H,12-16,18H2,1-2H3,(H2,30,32,33)/b2*9-6+. The van der Waals surface area contributed by atoms with Crippen molar-refractivity contribution in [2.75, 3.05) is 78.9 Å². The van der Waals surface area contributed by atoms with Crippen LogP contribution in [0.4, 0.5) is 11.6 Å². The Labute approximate surface area is 452 Å². The normalized spacial score (nSPS) is 20.8. The number of hydrogen-bond donors (Lipinski definition) is 2. The van der Waals surface area contributed by atoms with Crippen molar-refractivity contribution in [3.8, 4) is 45.8 Å². The topological polar surface area (TPSA) is 231 Å². The second-order valence-corrected chi connectivity index (χ2v) is 21.6. The van der Waals surface area contributed by atoms with Crippen molar-refractivity contribution in [1.29, 1.82) is 0 Å². The molecule has 8 aromatic rings. The molecule has 20 heteroatoms. The Kier molecular flexibility index (Phi) is 14.4. The van der Waals surface area contributed by atoms with Crippen molar-refractivity contribution in [3.63, 3.8) is 0 Å². The van der Waals surface area contributed by atoms with Crippen LogP contribution in [0.5, 0.6) is 23.0 Å². The summed E-state index contributed by atoms with van der Waals surface area (Å²) in [7, 11) is 7.95. The van der Waals surface area contributed by atoms with Gasteiger partial charge in [0, 0.05) is 51.4 Å². The monoisotopic (exact) mass is 1050 g/mol. The maximum atomic E-state index is 12.7. The molecule has 2 saturated heterocycles. The Hall–Kier alpha value is -8.62. The molecule has 4 aliphatic rings. The zero-order valence-electron chi connectivity index (χ0n) is 44.4. The molecule has 0 radical (unpaired) electrons. The van der Waals surface area contributed by atoms with Gasteiger partial charge in [-0.05, 0) is 126 Å². The summed E-state index contributed by atoms with van der Waals surface area (Å²) in [5.41, 5.74) is 17.0. The molecule has 2 aliphatic heterocycles. The number of nitrogen functional groups attached to an aromatic ring is 2. The number of anilines is 2. The Bertz CT molecular complexity index is 3250. The predicted molar refractivity (Wildman–Crippen MR) is 298 cm³/mol. The number of nitrogens with zero attached hydrogens (tertiary/aromatic N) is 14. The number of pyridine rings is 2. The summed E-state index contributed by atoms with van der Waals surface area (Å²) in [6.07, 6.45) is 19.3. The van der Waals surface area contributed by atoms with Gasteiger partial charge >= 0.3 is 0 Å². The lowest BCUT2D eigenvalue weighted by molar-refractivity contribution is -0.126. The second kappa shape index (κ2) is 21.8. The number of likely N-dealkylation sites (tertiary alicyclic amines) is 2. The van der Waals surface area contributed by atoms with Gasteiger partial charge in [0.15, 0.2) is 11.3 Å². The van der Waals surface area contributed by atoms with Gasteiger partial charge in [-0.1, -0.05) is 48.6 Å². The molecule has 6 aromatic heterocycles. The number of ether oxygens (including phenoxy) is 2. The zero-order chi connectivity index (χ0) is 54.0. The van der Waals surface area contributed by atoms with Crippen LogP contribution in [0.2, 0.25) is 0 Å². The number of likely N-dealkylation sites (N-methyl/N-ethyl adjacent to an activating group) is 2. The third-order valence-corrected chi connectivity index (χ3v) is 15.3. The molecule has 20 nitrogen and oxygen atoms in total. The molecular formula is C58H64N16O4. The summed E-state index contributed by atoms with van der Waals surface area (Å²) in [5.74, 6) is 3.70. The fraction of sp³-hybridized carbons (Fsp3) is 0.345. The second-order valence-electron chi connectivity index (χ2n) is 21.6. The molecule has 8 heterocycles. The van der Waals surface area contributed by atoms with Crippen molar-refractivity contribution in [1.82, 2.24) is 69.1 Å². The smallest absolute Gasteiger partial charge is 0.246 e. The third kappa shape index (κ3) is 10.9. The van der Waals surface area contributed by atoms with Gasteiger partial charge in [-0.3, -0.25) is 19.6 Å². The van der Waals surface area contributed by atoms with E-state index in [1.807, 2.05) is 154 Å². The van der Waals surface area contributed by atoms with Crippen molar-refractivity contribution >= 4 is 45.5 Å². The highest BCUT2D eigenvalue weighted by Crippen LogP contribution is 2.56. The van der Waals surface area contributed by atoms with E-state index >= 15 is 0 Å². The van der Waals surface area contributed by atoms with Crippen molar-refractivity contribution < 1.29 is 19.1 Å². The van der Waals surface area contributed by atoms with Crippen LogP contribution in [-0.4, -0.2) is 148 Å². The lowest BCUT2D eigenvalue weighted by Crippen LogP contribution is -2.42. The molecule has 2 saturated carbocycles. The number of nitrogens with two attached hydrogens (primary N) is 2. The van der Waals surface area contributed by atoms with E-state index in [2.05, 4.69) is 29.9 Å². The maximum absolute atomic E-state index is 12.7. The number of hydrogen-bond acceptors (Lipinski definition) is 16. The first-order valence-electron chi connectivity index (χ1n) is 26.4. The molecule has 2 aromatic carbocycles. The fourth-order valence-corrected chi connectivity index (χ4v) is 11.3. The van der Waals surface area contributed by atoms with E-state index in [4.69, 9.17) is 31.1 Å². The molecule has 4 N–H and O–H groups in total. The highest BCUT2D eigenvalue weighted by atomic mass is 16.5. The summed E-state index contributed by atoms with van der Waals surface area (Å²) in [4.78, 5) is 60.1. The average molecular weight is 1050 g/mol. The van der Waals surface area contributed by atoms with E-state index < -0.39 is 0 Å². The predicted octanol–water partition coefficient (Wildman–Crippen LogP) is 7.87. The van der Waals surface area contributed by atoms with Gasteiger partial charge in [-0.25, -0.2) is 29.3 Å². The van der Waals surface area contributed by atoms with E-state index in [1.165, 1.54) is 12.7 Å². The molecule has 2 spiro atoms. The first-order valence-corrected chi connectivity index (χ1v) is 26.4. The fourth-order valence-electron chi connectivity index (χ4n) is 11.3. The first kappa shape index (κ1) is 51.5. The van der Waals surface area contributed by atoms with Crippen molar-refractivity contribution in [3.05, 3.63) is 134 Å². The lowest BCUT2D eigenvalue weighted by atomic mass is 9.65. The van der Waals surface area contributed by atoms with Crippen LogP contribution < -0.4 is 20.9 Å². The first-order chi connectivity index (χ1) is 37.8. The minimum atomic E-state index is 0.0929. The molecule has 12 rings (SSSR count). The molecule has 78 heavy (non-hydrogen) atoms. The van der Waals surface area contributed by atoms with Gasteiger partial charge in [-0.2, -0.15) is 10.2 Å². The quantitative estimate of drug-likeness (QED) is 0.0987. The number of aromatic nitrogens is 10. The molecule has 400 valence electrons. The van der Waals surface area contributed by atoms with Crippen LogP contribution in [0.25, 0.3) is 44.8 Å². The summed E-state index contributed by atoms with van der Waals surface area (Å²) in [6.45, 7) is 4.65. The molecule has 2 amide bonds. The van der Waals surface area contributed by atoms with Crippen LogP contribution in [0.1, 0.15) is 50.6 Å². The van der Waals surface area contributed by atoms with E-state index in [0.29, 0.717) is 68.0 Å². The van der Waals surface area contributed by atoms with Crippen molar-refractivity contribution in [2.24, 2.45) is 10.8 Å². The van der Waals surface area contributed by atoms with Gasteiger partial charge < -0.3 is 40.5 Å². The molecule has 4 fully saturated rings. The van der Waals surface area contributed by atoms with Crippen LogP contribution >= 0.6 is 0 Å². The minimum Gasteiger partial charge on any atom is -0.456 e. The molecule has 2 aliphatic carbocycles. The van der Waals surface area contributed by atoms with Crippen LogP contribution in [0.3, 0.4) is 0 Å². The largest absolute Gasteiger partial charge is 0.456 e. The number of rotatable bonds is 14. The molecular weight excluding hydrogens is 985 g/mol. The summed E-state index contributed by atoms with van der Waals surface area (Å²) in [6, 6.07) is 27.0. The van der Waals surface area contributed by atoms with Gasteiger partial charge in [-0.15, -0.1) is 0 Å². The summed E-state index contributed by atoms with van der Waals surface area (Å²) >= 11 is 0. The van der Waals surface area contributed by atoms with E-state index in [-0.39, 0.29) is 34.7 Å². The Morgan fingerprint density at radius 1 is 0.564 bits per heavy atom. The molecule has 0 bridgehead atoms. The van der Waals surface area contributed by atoms with Crippen LogP contribution in [-0.2, 0) is 9.59 Å². The lowest BCUT2D eigenvalue weighted by Gasteiger charge is -2.45. The number of para-hydroxylation sites is 2. The third-order valence-electron chi connectivity index (χ3n) is 15.3. The number of amides is 2.